The molecule has 0 aromatic carbocycles. The van der Waals surface area contributed by atoms with Gasteiger partial charge in [-0.25, -0.2) is 0 Å². The molecule has 2 unspecified atom stereocenters. The molecule has 0 aliphatic heterocycles. The summed E-state index contributed by atoms with van der Waals surface area (Å²) in [6, 6.07) is 0. The molecule has 2 bridgehead atoms. The molecule has 0 saturated heterocycles. The van der Waals surface area contributed by atoms with E-state index in [0.717, 1.165) is 23.5 Å². The highest BCUT2D eigenvalue weighted by atomic mass is 14.6. The zero-order valence-corrected chi connectivity index (χ0v) is 8.14. The fourth-order valence-corrected chi connectivity index (χ4v) is 3.35. The summed E-state index contributed by atoms with van der Waals surface area (Å²) in [5, 5.41) is 7.67. The van der Waals surface area contributed by atoms with Gasteiger partial charge in [0.25, 0.3) is 0 Å². The van der Waals surface area contributed by atoms with E-state index in [-0.39, 0.29) is 0 Å². The fourth-order valence-electron chi connectivity index (χ4n) is 3.35. The molecule has 0 heterocycles. The van der Waals surface area contributed by atoms with E-state index in [1.165, 1.54) is 25.7 Å². The number of nitrogens with one attached hydrogen (secondary N) is 1. The lowest BCUT2D eigenvalue weighted by Gasteiger charge is -2.52. The van der Waals surface area contributed by atoms with E-state index in [4.69, 9.17) is 5.41 Å². The van der Waals surface area contributed by atoms with Crippen LogP contribution in [0.2, 0.25) is 0 Å². The third kappa shape index (κ3) is 1.10. The smallest absolute Gasteiger partial charge is 0.00946 e. The molecule has 68 valence electrons. The van der Waals surface area contributed by atoms with Gasteiger partial charge in [0.05, 0.1) is 0 Å². The molecule has 3 fully saturated rings. The van der Waals surface area contributed by atoms with Gasteiger partial charge in [-0.05, 0) is 43.9 Å². The summed E-state index contributed by atoms with van der Waals surface area (Å²) in [5.74, 6) is 3.47. The van der Waals surface area contributed by atoms with Crippen molar-refractivity contribution in [1.29, 1.82) is 5.41 Å². The Morgan fingerprint density at radius 3 is 2.25 bits per heavy atom. The first kappa shape index (κ1) is 8.28. The maximum absolute atomic E-state index is 7.67. The van der Waals surface area contributed by atoms with Gasteiger partial charge in [-0.15, -0.1) is 0 Å². The maximum atomic E-state index is 7.67. The normalized spacial score (nSPS) is 45.2. The number of fused-ring (bicyclic) bond motifs is 2. The predicted octanol–water partition coefficient (Wildman–Crippen LogP) is 3.10. The molecule has 2 atom stereocenters. The topological polar surface area (TPSA) is 23.9 Å². The summed E-state index contributed by atoms with van der Waals surface area (Å²) >= 11 is 0. The van der Waals surface area contributed by atoms with Gasteiger partial charge in [0.1, 0.15) is 0 Å². The molecule has 0 amide bonds. The highest BCUT2D eigenvalue weighted by Crippen LogP contribution is 2.53. The van der Waals surface area contributed by atoms with Crippen LogP contribution in [0.25, 0.3) is 0 Å². The Kier molecular flexibility index (Phi) is 1.97. The summed E-state index contributed by atoms with van der Waals surface area (Å²) in [6.45, 7) is 4.30. The molecule has 0 spiro atoms. The second-order valence-corrected chi connectivity index (χ2v) is 4.71. The third-order valence-corrected chi connectivity index (χ3v) is 3.97. The van der Waals surface area contributed by atoms with Gasteiger partial charge in [-0.2, -0.15) is 0 Å². The lowest BCUT2D eigenvalue weighted by Crippen LogP contribution is -2.47. The van der Waals surface area contributed by atoms with E-state index in [0.29, 0.717) is 5.92 Å². The quantitative estimate of drug-likeness (QED) is 0.608. The van der Waals surface area contributed by atoms with Crippen LogP contribution in [0.5, 0.6) is 0 Å². The number of rotatable bonds is 2. The van der Waals surface area contributed by atoms with E-state index in [1.54, 1.807) is 0 Å². The zero-order chi connectivity index (χ0) is 8.72. The molecule has 3 aliphatic carbocycles. The Hall–Kier alpha value is -0.330. The zero-order valence-electron chi connectivity index (χ0n) is 8.14. The fraction of sp³-hybridized carbons (Fsp3) is 0.909. The average molecular weight is 165 g/mol. The van der Waals surface area contributed by atoms with Crippen LogP contribution in [0, 0.1) is 29.1 Å². The first-order valence-corrected chi connectivity index (χ1v) is 5.27. The molecule has 12 heavy (non-hydrogen) atoms. The summed E-state index contributed by atoms with van der Waals surface area (Å²) < 4.78 is 0. The van der Waals surface area contributed by atoms with Crippen LogP contribution in [0.3, 0.4) is 0 Å². The van der Waals surface area contributed by atoms with Crippen molar-refractivity contribution in [2.45, 2.75) is 39.5 Å². The molecule has 1 N–H and O–H groups in total. The minimum absolute atomic E-state index is 0.688. The molecule has 0 radical (unpaired) electrons. The molecule has 0 aromatic rings. The molecule has 0 aromatic heterocycles. The monoisotopic (exact) mass is 165 g/mol. The summed E-state index contributed by atoms with van der Waals surface area (Å²) in [4.78, 5) is 0. The molecule has 1 heteroatoms. The minimum Gasteiger partial charge on any atom is -0.310 e. The van der Waals surface area contributed by atoms with E-state index >= 15 is 0 Å². The van der Waals surface area contributed by atoms with Crippen molar-refractivity contribution >= 4 is 5.71 Å². The molecular formula is C11H19N. The Labute approximate surface area is 75.1 Å². The molecule has 3 saturated carbocycles. The highest BCUT2D eigenvalue weighted by Gasteiger charge is 2.47. The van der Waals surface area contributed by atoms with E-state index in [2.05, 4.69) is 6.92 Å². The summed E-state index contributed by atoms with van der Waals surface area (Å²) in [7, 11) is 0. The van der Waals surface area contributed by atoms with Crippen LogP contribution < -0.4 is 0 Å². The second kappa shape index (κ2) is 2.86. The van der Waals surface area contributed by atoms with Gasteiger partial charge in [0.15, 0.2) is 0 Å². The summed E-state index contributed by atoms with van der Waals surface area (Å²) in [6.07, 6.45) is 5.61. The van der Waals surface area contributed by atoms with E-state index < -0.39 is 0 Å². The van der Waals surface area contributed by atoms with Crippen molar-refractivity contribution in [2.75, 3.05) is 0 Å². The second-order valence-electron chi connectivity index (χ2n) is 4.71. The van der Waals surface area contributed by atoms with Gasteiger partial charge in [-0.3, -0.25) is 0 Å². The van der Waals surface area contributed by atoms with Gasteiger partial charge >= 0.3 is 0 Å². The van der Waals surface area contributed by atoms with Crippen molar-refractivity contribution in [2.24, 2.45) is 23.7 Å². The van der Waals surface area contributed by atoms with Crippen LogP contribution in [-0.4, -0.2) is 5.71 Å². The SMILES string of the molecule is CCC1CC2CC(C1)C2C(C)=N. The van der Waals surface area contributed by atoms with Crippen LogP contribution in [0.1, 0.15) is 39.5 Å². The van der Waals surface area contributed by atoms with Crippen molar-refractivity contribution in [3.63, 3.8) is 0 Å². The van der Waals surface area contributed by atoms with Gasteiger partial charge in [0.2, 0.25) is 0 Å². The van der Waals surface area contributed by atoms with E-state index in [9.17, 15) is 0 Å². The summed E-state index contributed by atoms with van der Waals surface area (Å²) in [5.41, 5.74) is 0.950. The largest absolute Gasteiger partial charge is 0.310 e. The van der Waals surface area contributed by atoms with Crippen molar-refractivity contribution in [3.05, 3.63) is 0 Å². The van der Waals surface area contributed by atoms with Crippen molar-refractivity contribution in [3.8, 4) is 0 Å². The van der Waals surface area contributed by atoms with Crippen LogP contribution in [-0.2, 0) is 0 Å². The Balaban J connectivity index is 1.98. The maximum Gasteiger partial charge on any atom is 0.00946 e. The first-order chi connectivity index (χ1) is 5.72. The standard InChI is InChI=1S/C11H19N/c1-3-8-4-9-6-10(5-8)11(9)7(2)12/h8-12H,3-6H2,1-2H3. The average Bonchev–Trinajstić information content (AvgIpc) is 2.03. The van der Waals surface area contributed by atoms with Gasteiger partial charge < -0.3 is 5.41 Å². The first-order valence-electron chi connectivity index (χ1n) is 5.27. The van der Waals surface area contributed by atoms with Gasteiger partial charge in [-0.1, -0.05) is 13.3 Å². The van der Waals surface area contributed by atoms with Crippen molar-refractivity contribution < 1.29 is 0 Å². The van der Waals surface area contributed by atoms with Crippen molar-refractivity contribution in [1.82, 2.24) is 0 Å². The Bertz CT molecular complexity index is 185. The Morgan fingerprint density at radius 1 is 1.25 bits per heavy atom. The molecule has 3 rings (SSSR count). The van der Waals surface area contributed by atoms with E-state index in [1.807, 2.05) is 6.92 Å². The molecular weight excluding hydrogens is 146 g/mol. The predicted molar refractivity (Wildman–Crippen MR) is 51.5 cm³/mol. The lowest BCUT2D eigenvalue weighted by atomic mass is 9.53. The van der Waals surface area contributed by atoms with Gasteiger partial charge in [0, 0.05) is 11.6 Å². The third-order valence-electron chi connectivity index (χ3n) is 3.97. The number of hydrogen-bond donors (Lipinski definition) is 1. The number of hydrogen-bond acceptors (Lipinski definition) is 1. The lowest BCUT2D eigenvalue weighted by molar-refractivity contribution is 0.0214. The minimum atomic E-state index is 0.688. The molecule has 1 nitrogen and oxygen atoms in total. The van der Waals surface area contributed by atoms with Crippen LogP contribution in [0.4, 0.5) is 0 Å². The van der Waals surface area contributed by atoms with Crippen LogP contribution >= 0.6 is 0 Å². The highest BCUT2D eigenvalue weighted by molar-refractivity contribution is 5.82. The van der Waals surface area contributed by atoms with Crippen LogP contribution in [0.15, 0.2) is 0 Å². The Morgan fingerprint density at radius 2 is 1.83 bits per heavy atom. The molecule has 3 aliphatic rings.